The number of hydrogen-bond donors (Lipinski definition) is 0. The molecule has 2 aliphatic heterocycles. The molecule has 148 valence electrons. The van der Waals surface area contributed by atoms with Crippen LogP contribution in [0, 0.1) is 5.82 Å². The Morgan fingerprint density at radius 2 is 1.71 bits per heavy atom. The molecule has 28 heavy (non-hydrogen) atoms. The first-order valence-electron chi connectivity index (χ1n) is 10.5. The van der Waals surface area contributed by atoms with Gasteiger partial charge in [-0.15, -0.1) is 0 Å². The first-order valence-corrected chi connectivity index (χ1v) is 10.5. The highest BCUT2D eigenvalue weighted by atomic mass is 19.1. The number of hydrogen-bond acceptors (Lipinski definition) is 5. The summed E-state index contributed by atoms with van der Waals surface area (Å²) in [6.07, 6.45) is 5.75. The van der Waals surface area contributed by atoms with E-state index in [2.05, 4.69) is 25.8 Å². The summed E-state index contributed by atoms with van der Waals surface area (Å²) < 4.78 is 13.1. The molecular weight excluding hydrogens is 353 g/mol. The minimum absolute atomic E-state index is 0.166. The third-order valence-corrected chi connectivity index (χ3v) is 6.55. The lowest BCUT2D eigenvalue weighted by atomic mass is 9.85. The molecule has 0 unspecified atom stereocenters. The summed E-state index contributed by atoms with van der Waals surface area (Å²) >= 11 is 0. The number of aromatic nitrogens is 2. The molecule has 1 aromatic carbocycles. The number of anilines is 1. The van der Waals surface area contributed by atoms with E-state index in [9.17, 15) is 4.39 Å². The van der Waals surface area contributed by atoms with E-state index in [0.29, 0.717) is 12.0 Å². The van der Waals surface area contributed by atoms with E-state index < -0.39 is 0 Å². The first-order chi connectivity index (χ1) is 13.7. The van der Waals surface area contributed by atoms with Crippen LogP contribution in [-0.2, 0) is 6.54 Å². The van der Waals surface area contributed by atoms with Gasteiger partial charge in [-0.1, -0.05) is 6.42 Å². The largest absolute Gasteiger partial charge is 0.369 e. The van der Waals surface area contributed by atoms with Crippen molar-refractivity contribution in [2.45, 2.75) is 37.8 Å². The molecule has 1 aromatic heterocycles. The Labute approximate surface area is 166 Å². The quantitative estimate of drug-likeness (QED) is 0.796. The van der Waals surface area contributed by atoms with Gasteiger partial charge in [0.05, 0.1) is 5.69 Å². The fraction of sp³-hybridized carbons (Fsp3) is 0.545. The Balaban J connectivity index is 1.09. The van der Waals surface area contributed by atoms with Crippen LogP contribution in [0.25, 0.3) is 0 Å². The maximum absolute atomic E-state index is 13.1. The zero-order chi connectivity index (χ0) is 18.9. The van der Waals surface area contributed by atoms with Crippen LogP contribution >= 0.6 is 0 Å². The normalized spacial score (nSPS) is 22.1. The summed E-state index contributed by atoms with van der Waals surface area (Å²) in [5, 5.41) is 0. The second-order valence-corrected chi connectivity index (χ2v) is 8.38. The molecule has 1 saturated carbocycles. The van der Waals surface area contributed by atoms with Crippen molar-refractivity contribution in [1.82, 2.24) is 19.8 Å². The van der Waals surface area contributed by atoms with Gasteiger partial charge in [0.1, 0.15) is 11.6 Å². The maximum atomic E-state index is 13.1. The fourth-order valence-electron chi connectivity index (χ4n) is 4.49. The van der Waals surface area contributed by atoms with Crippen molar-refractivity contribution in [1.29, 1.82) is 0 Å². The number of halogens is 1. The Kier molecular flexibility index (Phi) is 4.99. The van der Waals surface area contributed by atoms with Crippen LogP contribution in [0.4, 0.5) is 10.1 Å². The molecular formula is C22H28FN5. The Bertz CT molecular complexity index is 793. The standard InChI is InChI=1S/C22H28FN5/c23-18-4-6-20(7-5-18)27-10-12-28(13-11-27)21-15-26(16-21)14-19-8-9-24-22(25-19)17-2-1-3-17/h4-9,17,21H,1-3,10-16H2. The third-order valence-electron chi connectivity index (χ3n) is 6.55. The molecule has 0 amide bonds. The van der Waals surface area contributed by atoms with E-state index in [-0.39, 0.29) is 5.82 Å². The van der Waals surface area contributed by atoms with Crippen LogP contribution in [0.1, 0.15) is 36.7 Å². The average Bonchev–Trinajstić information content (AvgIpc) is 2.64. The van der Waals surface area contributed by atoms with E-state index >= 15 is 0 Å². The highest BCUT2D eigenvalue weighted by molar-refractivity contribution is 5.46. The number of likely N-dealkylation sites (tertiary alicyclic amines) is 1. The van der Waals surface area contributed by atoms with Crippen LogP contribution in [-0.4, -0.2) is 65.1 Å². The average molecular weight is 381 g/mol. The van der Waals surface area contributed by atoms with Gasteiger partial charge in [-0.2, -0.15) is 0 Å². The topological polar surface area (TPSA) is 35.5 Å². The highest BCUT2D eigenvalue weighted by Crippen LogP contribution is 2.34. The second kappa shape index (κ2) is 7.76. The molecule has 0 bridgehead atoms. The molecule has 5 rings (SSSR count). The maximum Gasteiger partial charge on any atom is 0.131 e. The number of benzene rings is 1. The van der Waals surface area contributed by atoms with Gasteiger partial charge in [0.15, 0.2) is 0 Å². The van der Waals surface area contributed by atoms with Crippen molar-refractivity contribution < 1.29 is 4.39 Å². The molecule has 6 heteroatoms. The Morgan fingerprint density at radius 1 is 0.964 bits per heavy atom. The molecule has 3 fully saturated rings. The lowest BCUT2D eigenvalue weighted by Crippen LogP contribution is -2.62. The van der Waals surface area contributed by atoms with Crippen LogP contribution in [0.2, 0.25) is 0 Å². The van der Waals surface area contributed by atoms with Gasteiger partial charge in [-0.25, -0.2) is 14.4 Å². The monoisotopic (exact) mass is 381 g/mol. The predicted octanol–water partition coefficient (Wildman–Crippen LogP) is 2.89. The van der Waals surface area contributed by atoms with Crippen molar-refractivity contribution in [3.8, 4) is 0 Å². The Morgan fingerprint density at radius 3 is 2.39 bits per heavy atom. The number of rotatable bonds is 5. The smallest absolute Gasteiger partial charge is 0.131 e. The van der Waals surface area contributed by atoms with Crippen molar-refractivity contribution in [2.75, 3.05) is 44.2 Å². The van der Waals surface area contributed by atoms with Gasteiger partial charge in [0.25, 0.3) is 0 Å². The molecule has 0 atom stereocenters. The molecule has 0 N–H and O–H groups in total. The van der Waals surface area contributed by atoms with E-state index in [4.69, 9.17) is 4.98 Å². The van der Waals surface area contributed by atoms with Crippen LogP contribution < -0.4 is 4.90 Å². The minimum atomic E-state index is -0.166. The van der Waals surface area contributed by atoms with Gasteiger partial charge in [0.2, 0.25) is 0 Å². The number of nitrogens with zero attached hydrogens (tertiary/aromatic N) is 5. The summed E-state index contributed by atoms with van der Waals surface area (Å²) in [5.74, 6) is 1.49. The SMILES string of the molecule is Fc1ccc(N2CCN(C3CN(Cc4ccnc(C5CCC5)n4)C3)CC2)cc1. The van der Waals surface area contributed by atoms with Gasteiger partial charge < -0.3 is 4.90 Å². The van der Waals surface area contributed by atoms with Crippen molar-refractivity contribution in [2.24, 2.45) is 0 Å². The van der Waals surface area contributed by atoms with Gasteiger partial charge in [0, 0.05) is 69.7 Å². The van der Waals surface area contributed by atoms with E-state index in [1.165, 1.54) is 19.3 Å². The summed E-state index contributed by atoms with van der Waals surface area (Å²) in [7, 11) is 0. The van der Waals surface area contributed by atoms with Crippen LogP contribution in [0.5, 0.6) is 0 Å². The molecule has 3 aliphatic rings. The summed E-state index contributed by atoms with van der Waals surface area (Å²) in [6, 6.07) is 9.59. The zero-order valence-corrected chi connectivity index (χ0v) is 16.3. The molecule has 1 aliphatic carbocycles. The Hall–Kier alpha value is -2.05. The zero-order valence-electron chi connectivity index (χ0n) is 16.3. The predicted molar refractivity (Wildman–Crippen MR) is 108 cm³/mol. The summed E-state index contributed by atoms with van der Waals surface area (Å²) in [5.41, 5.74) is 2.29. The van der Waals surface area contributed by atoms with Gasteiger partial charge >= 0.3 is 0 Å². The molecule has 2 saturated heterocycles. The van der Waals surface area contributed by atoms with Gasteiger partial charge in [-0.05, 0) is 43.2 Å². The van der Waals surface area contributed by atoms with E-state index in [0.717, 1.165) is 63.0 Å². The summed E-state index contributed by atoms with van der Waals surface area (Å²) in [4.78, 5) is 16.7. The van der Waals surface area contributed by atoms with Crippen LogP contribution in [0.15, 0.2) is 36.5 Å². The summed E-state index contributed by atoms with van der Waals surface area (Å²) in [6.45, 7) is 7.37. The lowest BCUT2D eigenvalue weighted by Gasteiger charge is -2.48. The molecule has 0 spiro atoms. The minimum Gasteiger partial charge on any atom is -0.369 e. The van der Waals surface area contributed by atoms with Gasteiger partial charge in [-0.3, -0.25) is 9.80 Å². The van der Waals surface area contributed by atoms with Crippen molar-refractivity contribution in [3.05, 3.63) is 53.9 Å². The molecule has 3 heterocycles. The lowest BCUT2D eigenvalue weighted by molar-refractivity contribution is 0.0248. The molecule has 2 aromatic rings. The van der Waals surface area contributed by atoms with E-state index in [1.807, 2.05) is 18.3 Å². The number of piperazine rings is 1. The first kappa shape index (κ1) is 18.0. The van der Waals surface area contributed by atoms with Crippen molar-refractivity contribution >= 4 is 5.69 Å². The fourth-order valence-corrected chi connectivity index (χ4v) is 4.49. The van der Waals surface area contributed by atoms with E-state index in [1.54, 1.807) is 12.1 Å². The van der Waals surface area contributed by atoms with Crippen molar-refractivity contribution in [3.63, 3.8) is 0 Å². The van der Waals surface area contributed by atoms with Crippen LogP contribution in [0.3, 0.4) is 0 Å². The highest BCUT2D eigenvalue weighted by Gasteiger charge is 2.33. The third kappa shape index (κ3) is 3.76. The molecule has 0 radical (unpaired) electrons. The molecule has 5 nitrogen and oxygen atoms in total. The second-order valence-electron chi connectivity index (χ2n) is 8.38.